The van der Waals surface area contributed by atoms with Crippen LogP contribution in [0.3, 0.4) is 0 Å². The fraction of sp³-hybridized carbons (Fsp3) is 0.261. The molecule has 2 aromatic carbocycles. The predicted molar refractivity (Wildman–Crippen MR) is 102 cm³/mol. The van der Waals surface area contributed by atoms with E-state index in [-0.39, 0.29) is 0 Å². The van der Waals surface area contributed by atoms with Crippen LogP contribution in [0.1, 0.15) is 44.5 Å². The highest BCUT2D eigenvalue weighted by molar-refractivity contribution is 5.96. The maximum Gasteiger partial charge on any atom is 0.114 e. The van der Waals surface area contributed by atoms with Crippen molar-refractivity contribution in [2.45, 2.75) is 41.5 Å². The first-order chi connectivity index (χ1) is 10.9. The Morgan fingerprint density at radius 3 is 1.52 bits per heavy atom. The smallest absolute Gasteiger partial charge is 0.0548 e. The standard InChI is InChI=1S/C23H25/c1-14-9-16(3)22(17(4)10-14)20-7-8-21(13-20)23-18(5)11-15(2)12-19(23)6/h7-13H,1-6H3/q+1. The molecule has 1 aliphatic carbocycles. The summed E-state index contributed by atoms with van der Waals surface area (Å²) in [4.78, 5) is 0. The van der Waals surface area contributed by atoms with Crippen molar-refractivity contribution in [3.63, 3.8) is 0 Å². The van der Waals surface area contributed by atoms with Crippen molar-refractivity contribution in [2.75, 3.05) is 0 Å². The van der Waals surface area contributed by atoms with Crippen LogP contribution in [0.15, 0.2) is 36.4 Å². The number of rotatable bonds is 2. The van der Waals surface area contributed by atoms with Gasteiger partial charge < -0.3 is 0 Å². The van der Waals surface area contributed by atoms with Gasteiger partial charge in [-0.3, -0.25) is 0 Å². The molecule has 0 amide bonds. The second-order valence-electron chi connectivity index (χ2n) is 6.94. The molecule has 0 spiro atoms. The quantitative estimate of drug-likeness (QED) is 0.577. The molecule has 2 aromatic rings. The largest absolute Gasteiger partial charge is 0.114 e. The van der Waals surface area contributed by atoms with Crippen molar-refractivity contribution in [1.29, 1.82) is 0 Å². The molecule has 0 heterocycles. The van der Waals surface area contributed by atoms with E-state index in [1.54, 1.807) is 0 Å². The average Bonchev–Trinajstić information content (AvgIpc) is 2.85. The molecular formula is C23H25+. The van der Waals surface area contributed by atoms with E-state index < -0.39 is 0 Å². The van der Waals surface area contributed by atoms with Gasteiger partial charge in [0.05, 0.1) is 17.2 Å². The molecule has 0 saturated heterocycles. The fourth-order valence-corrected chi connectivity index (χ4v) is 4.03. The van der Waals surface area contributed by atoms with Crippen molar-refractivity contribution in [1.82, 2.24) is 0 Å². The maximum atomic E-state index is 2.34. The summed E-state index contributed by atoms with van der Waals surface area (Å²) in [5.41, 5.74) is 13.5. The lowest BCUT2D eigenvalue weighted by atomic mass is 9.92. The third-order valence-corrected chi connectivity index (χ3v) is 4.68. The lowest BCUT2D eigenvalue weighted by molar-refractivity contribution is 1.29. The molecule has 0 nitrogen and oxygen atoms in total. The molecule has 0 heteroatoms. The summed E-state index contributed by atoms with van der Waals surface area (Å²) in [5.74, 6) is 0. The molecule has 3 rings (SSSR count). The maximum absolute atomic E-state index is 2.34. The second kappa shape index (κ2) is 5.77. The highest BCUT2D eigenvalue weighted by atomic mass is 14.2. The monoisotopic (exact) mass is 301 g/mol. The van der Waals surface area contributed by atoms with Gasteiger partial charge in [-0.2, -0.15) is 0 Å². The zero-order valence-electron chi connectivity index (χ0n) is 15.0. The molecule has 0 atom stereocenters. The SMILES string of the molecule is Cc1cc(C)c(C2=C[CH+]C(c3c(C)cc(C)cc3C)=C2)c(C)c1. The van der Waals surface area contributed by atoms with Crippen LogP contribution in [0.2, 0.25) is 0 Å². The van der Waals surface area contributed by atoms with Crippen LogP contribution >= 0.6 is 0 Å². The summed E-state index contributed by atoms with van der Waals surface area (Å²) in [6.07, 6.45) is 6.87. The zero-order valence-corrected chi connectivity index (χ0v) is 15.0. The highest BCUT2D eigenvalue weighted by Gasteiger charge is 2.24. The number of aryl methyl sites for hydroxylation is 6. The summed E-state index contributed by atoms with van der Waals surface area (Å²) in [6.45, 7) is 13.2. The molecule has 116 valence electrons. The summed E-state index contributed by atoms with van der Waals surface area (Å²) in [5, 5.41) is 0. The topological polar surface area (TPSA) is 0 Å². The summed E-state index contributed by atoms with van der Waals surface area (Å²) in [6, 6.07) is 9.10. The number of allylic oxidation sites excluding steroid dienone is 4. The molecule has 0 aromatic heterocycles. The fourth-order valence-electron chi connectivity index (χ4n) is 4.03. The summed E-state index contributed by atoms with van der Waals surface area (Å²) in [7, 11) is 0. The first kappa shape index (κ1) is 15.7. The van der Waals surface area contributed by atoms with E-state index in [2.05, 4.69) is 84.4 Å². The number of hydrogen-bond donors (Lipinski definition) is 0. The number of benzene rings is 2. The van der Waals surface area contributed by atoms with Crippen LogP contribution in [0, 0.1) is 48.0 Å². The van der Waals surface area contributed by atoms with E-state index in [1.807, 2.05) is 0 Å². The molecule has 0 saturated carbocycles. The van der Waals surface area contributed by atoms with Crippen LogP contribution in [-0.4, -0.2) is 0 Å². The lowest BCUT2D eigenvalue weighted by Gasteiger charge is -2.08. The van der Waals surface area contributed by atoms with Gasteiger partial charge in [-0.25, -0.2) is 0 Å². The molecule has 0 fully saturated rings. The minimum absolute atomic E-state index is 1.33. The third kappa shape index (κ3) is 2.86. The molecule has 0 N–H and O–H groups in total. The normalized spacial score (nSPS) is 13.7. The highest BCUT2D eigenvalue weighted by Crippen LogP contribution is 2.37. The van der Waals surface area contributed by atoms with E-state index in [4.69, 9.17) is 0 Å². The van der Waals surface area contributed by atoms with Crippen molar-refractivity contribution >= 4 is 11.1 Å². The molecule has 23 heavy (non-hydrogen) atoms. The Hall–Kier alpha value is -2.21. The van der Waals surface area contributed by atoms with Crippen LogP contribution in [0.25, 0.3) is 11.1 Å². The van der Waals surface area contributed by atoms with Crippen LogP contribution in [0.4, 0.5) is 0 Å². The van der Waals surface area contributed by atoms with Gasteiger partial charge in [0.15, 0.2) is 0 Å². The van der Waals surface area contributed by atoms with Gasteiger partial charge in [0, 0.05) is 18.1 Å². The van der Waals surface area contributed by atoms with Crippen molar-refractivity contribution in [3.05, 3.63) is 87.3 Å². The van der Waals surface area contributed by atoms with Crippen LogP contribution in [-0.2, 0) is 0 Å². The van der Waals surface area contributed by atoms with Crippen LogP contribution < -0.4 is 0 Å². The van der Waals surface area contributed by atoms with E-state index in [9.17, 15) is 0 Å². The Labute approximate surface area is 140 Å². The number of hydrogen-bond acceptors (Lipinski definition) is 0. The van der Waals surface area contributed by atoms with Gasteiger partial charge >= 0.3 is 0 Å². The predicted octanol–water partition coefficient (Wildman–Crippen LogP) is 6.22. The van der Waals surface area contributed by atoms with Gasteiger partial charge in [0.25, 0.3) is 0 Å². The van der Waals surface area contributed by atoms with E-state index in [0.717, 1.165) is 0 Å². The minimum Gasteiger partial charge on any atom is -0.0548 e. The van der Waals surface area contributed by atoms with E-state index in [1.165, 1.54) is 55.7 Å². The zero-order chi connectivity index (χ0) is 16.7. The first-order valence-corrected chi connectivity index (χ1v) is 8.30. The summed E-state index contributed by atoms with van der Waals surface area (Å²) < 4.78 is 0. The Balaban J connectivity index is 2.05. The van der Waals surface area contributed by atoms with Crippen molar-refractivity contribution in [2.24, 2.45) is 0 Å². The molecule has 0 unspecified atom stereocenters. The third-order valence-electron chi connectivity index (χ3n) is 4.68. The van der Waals surface area contributed by atoms with Gasteiger partial charge in [-0.15, -0.1) is 0 Å². The Bertz CT molecular complexity index is 798. The van der Waals surface area contributed by atoms with Gasteiger partial charge in [0.2, 0.25) is 0 Å². The lowest BCUT2D eigenvalue weighted by Crippen LogP contribution is -1.94. The van der Waals surface area contributed by atoms with Gasteiger partial charge in [-0.05, 0) is 81.5 Å². The average molecular weight is 301 g/mol. The molecular weight excluding hydrogens is 276 g/mol. The Kier molecular flexibility index (Phi) is 3.93. The van der Waals surface area contributed by atoms with E-state index >= 15 is 0 Å². The van der Waals surface area contributed by atoms with Crippen LogP contribution in [0.5, 0.6) is 0 Å². The van der Waals surface area contributed by atoms with Gasteiger partial charge in [-0.1, -0.05) is 17.7 Å². The Morgan fingerprint density at radius 2 is 1.04 bits per heavy atom. The van der Waals surface area contributed by atoms with Gasteiger partial charge in [0.1, 0.15) is 5.57 Å². The molecule has 0 aliphatic heterocycles. The van der Waals surface area contributed by atoms with Crippen molar-refractivity contribution in [3.8, 4) is 0 Å². The Morgan fingerprint density at radius 1 is 0.609 bits per heavy atom. The first-order valence-electron chi connectivity index (χ1n) is 8.30. The minimum atomic E-state index is 1.33. The summed E-state index contributed by atoms with van der Waals surface area (Å²) >= 11 is 0. The van der Waals surface area contributed by atoms with E-state index in [0.29, 0.717) is 0 Å². The second-order valence-corrected chi connectivity index (χ2v) is 6.94. The molecule has 1 aliphatic rings. The van der Waals surface area contributed by atoms with Crippen molar-refractivity contribution < 1.29 is 0 Å². The molecule has 0 radical (unpaired) electrons. The molecule has 0 bridgehead atoms.